The Morgan fingerprint density at radius 2 is 2.31 bits per heavy atom. The molecule has 0 spiro atoms. The van der Waals surface area contributed by atoms with Crippen LogP contribution in [0.2, 0.25) is 5.02 Å². The summed E-state index contributed by atoms with van der Waals surface area (Å²) in [6.07, 6.45) is 6.74. The van der Waals surface area contributed by atoms with Crippen molar-refractivity contribution in [2.24, 2.45) is 0 Å². The third-order valence-corrected chi connectivity index (χ3v) is 3.59. The van der Waals surface area contributed by atoms with Gasteiger partial charge in [-0.1, -0.05) is 24.9 Å². The van der Waals surface area contributed by atoms with Gasteiger partial charge >= 0.3 is 0 Å². The number of rotatable bonds is 5. The lowest BCUT2D eigenvalue weighted by Gasteiger charge is -2.24. The van der Waals surface area contributed by atoms with Crippen molar-refractivity contribution in [2.45, 2.75) is 38.6 Å². The highest BCUT2D eigenvalue weighted by Gasteiger charge is 2.30. The van der Waals surface area contributed by atoms with E-state index in [1.165, 1.54) is 25.7 Å². The second-order valence-corrected chi connectivity index (χ2v) is 5.53. The molecule has 1 aliphatic rings. The van der Waals surface area contributed by atoms with Crippen molar-refractivity contribution < 1.29 is 0 Å². The normalized spacial score (nSPS) is 15.2. The van der Waals surface area contributed by atoms with Gasteiger partial charge in [-0.25, -0.2) is 4.98 Å². The second kappa shape index (κ2) is 5.37. The van der Waals surface area contributed by atoms with Crippen LogP contribution in [0.15, 0.2) is 16.7 Å². The predicted octanol–water partition coefficient (Wildman–Crippen LogP) is 4.27. The topological polar surface area (TPSA) is 16.1 Å². The fourth-order valence-corrected chi connectivity index (χ4v) is 2.66. The van der Waals surface area contributed by atoms with Gasteiger partial charge in [0.2, 0.25) is 0 Å². The third-order valence-electron chi connectivity index (χ3n) is 2.80. The molecule has 1 aromatic heterocycles. The van der Waals surface area contributed by atoms with Crippen LogP contribution in [-0.2, 0) is 0 Å². The number of pyridine rings is 1. The van der Waals surface area contributed by atoms with E-state index < -0.39 is 0 Å². The molecule has 16 heavy (non-hydrogen) atoms. The molecule has 1 fully saturated rings. The minimum Gasteiger partial charge on any atom is -0.353 e. The first kappa shape index (κ1) is 12.2. The molecule has 0 aromatic carbocycles. The summed E-state index contributed by atoms with van der Waals surface area (Å²) in [7, 11) is 0. The van der Waals surface area contributed by atoms with E-state index in [9.17, 15) is 0 Å². The molecule has 0 saturated heterocycles. The summed E-state index contributed by atoms with van der Waals surface area (Å²) >= 11 is 9.46. The molecule has 0 radical (unpaired) electrons. The molecule has 1 aliphatic carbocycles. The van der Waals surface area contributed by atoms with E-state index in [4.69, 9.17) is 11.6 Å². The largest absolute Gasteiger partial charge is 0.353 e. The predicted molar refractivity (Wildman–Crippen MR) is 72.2 cm³/mol. The second-order valence-electron chi connectivity index (χ2n) is 4.24. The van der Waals surface area contributed by atoms with Crippen molar-refractivity contribution in [3.05, 3.63) is 21.8 Å². The minimum absolute atomic E-state index is 0.682. The van der Waals surface area contributed by atoms with E-state index >= 15 is 0 Å². The van der Waals surface area contributed by atoms with Crippen LogP contribution in [0.3, 0.4) is 0 Å². The van der Waals surface area contributed by atoms with Crippen molar-refractivity contribution in [1.82, 2.24) is 4.98 Å². The van der Waals surface area contributed by atoms with Gasteiger partial charge in [-0.15, -0.1) is 0 Å². The van der Waals surface area contributed by atoms with Gasteiger partial charge in [-0.2, -0.15) is 0 Å². The summed E-state index contributed by atoms with van der Waals surface area (Å²) in [5.41, 5.74) is 0. The van der Waals surface area contributed by atoms with Crippen LogP contribution in [-0.4, -0.2) is 17.6 Å². The minimum atomic E-state index is 0.682. The van der Waals surface area contributed by atoms with E-state index in [1.807, 2.05) is 6.07 Å². The highest BCUT2D eigenvalue weighted by molar-refractivity contribution is 9.10. The van der Waals surface area contributed by atoms with Crippen molar-refractivity contribution in [2.75, 3.05) is 11.4 Å². The lowest BCUT2D eigenvalue weighted by atomic mass is 10.3. The van der Waals surface area contributed by atoms with Gasteiger partial charge in [0.1, 0.15) is 5.82 Å². The average molecular weight is 304 g/mol. The van der Waals surface area contributed by atoms with E-state index in [1.54, 1.807) is 6.20 Å². The van der Waals surface area contributed by atoms with Crippen LogP contribution in [0.1, 0.15) is 32.6 Å². The summed E-state index contributed by atoms with van der Waals surface area (Å²) < 4.78 is 1.00. The van der Waals surface area contributed by atoms with Crippen LogP contribution < -0.4 is 4.90 Å². The summed E-state index contributed by atoms with van der Waals surface area (Å²) in [6.45, 7) is 3.31. The Morgan fingerprint density at radius 1 is 1.56 bits per heavy atom. The number of aromatic nitrogens is 1. The number of nitrogens with zero attached hydrogens (tertiary/aromatic N) is 2. The molecule has 0 amide bonds. The number of unbranched alkanes of at least 4 members (excludes halogenated alkanes) is 1. The molecule has 0 atom stereocenters. The molecule has 4 heteroatoms. The summed E-state index contributed by atoms with van der Waals surface area (Å²) in [5, 5.41) is 0.682. The molecular weight excluding hydrogens is 288 g/mol. The highest BCUT2D eigenvalue weighted by Crippen LogP contribution is 2.35. The summed E-state index contributed by atoms with van der Waals surface area (Å²) in [6, 6.07) is 2.61. The molecule has 88 valence electrons. The van der Waals surface area contributed by atoms with Crippen LogP contribution in [0, 0.1) is 0 Å². The zero-order valence-electron chi connectivity index (χ0n) is 9.42. The number of anilines is 1. The third kappa shape index (κ3) is 2.89. The van der Waals surface area contributed by atoms with E-state index in [-0.39, 0.29) is 0 Å². The van der Waals surface area contributed by atoms with Crippen molar-refractivity contribution in [1.29, 1.82) is 0 Å². The summed E-state index contributed by atoms with van der Waals surface area (Å²) in [4.78, 5) is 6.85. The summed E-state index contributed by atoms with van der Waals surface area (Å²) in [5.74, 6) is 1.04. The van der Waals surface area contributed by atoms with Gasteiger partial charge in [0, 0.05) is 18.8 Å². The zero-order chi connectivity index (χ0) is 11.5. The van der Waals surface area contributed by atoms with Gasteiger partial charge in [0.15, 0.2) is 0 Å². The standard InChI is InChI=1S/C12H16BrClN2/c1-2-3-6-16(10-4-5-10)12-11(13)7-9(14)8-15-12/h7-8,10H,2-6H2,1H3. The smallest absolute Gasteiger partial charge is 0.143 e. The van der Waals surface area contributed by atoms with Gasteiger partial charge in [0.25, 0.3) is 0 Å². The van der Waals surface area contributed by atoms with Crippen LogP contribution in [0.25, 0.3) is 0 Å². The lowest BCUT2D eigenvalue weighted by Crippen LogP contribution is -2.28. The molecule has 1 aromatic rings. The lowest BCUT2D eigenvalue weighted by molar-refractivity contribution is 0.703. The van der Waals surface area contributed by atoms with Crippen LogP contribution >= 0.6 is 27.5 Å². The van der Waals surface area contributed by atoms with Crippen molar-refractivity contribution in [3.63, 3.8) is 0 Å². The average Bonchev–Trinajstić information content (AvgIpc) is 3.05. The van der Waals surface area contributed by atoms with Crippen molar-refractivity contribution in [3.8, 4) is 0 Å². The zero-order valence-corrected chi connectivity index (χ0v) is 11.8. The van der Waals surface area contributed by atoms with Gasteiger partial charge in [-0.3, -0.25) is 0 Å². The maximum absolute atomic E-state index is 5.91. The molecule has 0 aliphatic heterocycles. The molecule has 2 rings (SSSR count). The number of hydrogen-bond donors (Lipinski definition) is 0. The molecule has 0 unspecified atom stereocenters. The highest BCUT2D eigenvalue weighted by atomic mass is 79.9. The Kier molecular flexibility index (Phi) is 4.09. The molecule has 1 heterocycles. The Balaban J connectivity index is 2.17. The fraction of sp³-hybridized carbons (Fsp3) is 0.583. The monoisotopic (exact) mass is 302 g/mol. The maximum Gasteiger partial charge on any atom is 0.143 e. The Hall–Kier alpha value is -0.280. The maximum atomic E-state index is 5.91. The fourth-order valence-electron chi connectivity index (χ4n) is 1.79. The molecule has 0 bridgehead atoms. The van der Waals surface area contributed by atoms with Crippen LogP contribution in [0.4, 0.5) is 5.82 Å². The first-order valence-corrected chi connectivity index (χ1v) is 6.97. The number of halogens is 2. The Labute approximate surface area is 110 Å². The van der Waals surface area contributed by atoms with Crippen LogP contribution in [0.5, 0.6) is 0 Å². The van der Waals surface area contributed by atoms with Gasteiger partial charge in [0.05, 0.1) is 9.50 Å². The molecular formula is C12H16BrClN2. The van der Waals surface area contributed by atoms with E-state index in [2.05, 4.69) is 32.7 Å². The first-order chi connectivity index (χ1) is 7.72. The van der Waals surface area contributed by atoms with Gasteiger partial charge in [-0.05, 0) is 41.3 Å². The first-order valence-electron chi connectivity index (χ1n) is 5.80. The van der Waals surface area contributed by atoms with E-state index in [0.717, 1.165) is 16.8 Å². The Bertz CT molecular complexity index is 366. The SMILES string of the molecule is CCCCN(c1ncc(Cl)cc1Br)C1CC1. The quantitative estimate of drug-likeness (QED) is 0.807. The molecule has 2 nitrogen and oxygen atoms in total. The van der Waals surface area contributed by atoms with Gasteiger partial charge < -0.3 is 4.90 Å². The van der Waals surface area contributed by atoms with Crippen molar-refractivity contribution >= 4 is 33.3 Å². The van der Waals surface area contributed by atoms with E-state index in [0.29, 0.717) is 11.1 Å². The number of hydrogen-bond acceptors (Lipinski definition) is 2. The Morgan fingerprint density at radius 3 is 2.88 bits per heavy atom. The molecule has 1 saturated carbocycles. The molecule has 0 N–H and O–H groups in total.